The second-order valence-electron chi connectivity index (χ2n) is 6.22. The molecule has 1 amide bonds. The number of fused-ring (bicyclic) bond motifs is 1. The van der Waals surface area contributed by atoms with Gasteiger partial charge in [-0.15, -0.1) is 0 Å². The molecule has 0 saturated heterocycles. The molecule has 0 unspecified atom stereocenters. The smallest absolute Gasteiger partial charge is 0.276 e. The van der Waals surface area contributed by atoms with Gasteiger partial charge in [-0.05, 0) is 35.0 Å². The zero-order valence-electron chi connectivity index (χ0n) is 15.5. The summed E-state index contributed by atoms with van der Waals surface area (Å²) >= 11 is 3.48. The summed E-state index contributed by atoms with van der Waals surface area (Å²) in [6.07, 6.45) is 3.42. The second kappa shape index (κ2) is 7.55. The lowest BCUT2D eigenvalue weighted by Crippen LogP contribution is -2.13. The number of amides is 1. The number of halogens is 1. The molecular formula is C18H14BrN7O4. The lowest BCUT2D eigenvalue weighted by molar-refractivity contribution is -0.384. The summed E-state index contributed by atoms with van der Waals surface area (Å²) in [6.45, 7) is 2.65. The number of aromatic hydroxyl groups is 1. The highest BCUT2D eigenvalue weighted by Crippen LogP contribution is 2.29. The van der Waals surface area contributed by atoms with Crippen LogP contribution in [0.1, 0.15) is 17.4 Å². The van der Waals surface area contributed by atoms with Gasteiger partial charge in [-0.1, -0.05) is 0 Å². The first-order chi connectivity index (χ1) is 14.4. The normalized spacial score (nSPS) is 11.0. The fourth-order valence-electron chi connectivity index (χ4n) is 2.84. The molecule has 4 rings (SSSR count). The van der Waals surface area contributed by atoms with Crippen molar-refractivity contribution in [3.05, 3.63) is 63.0 Å². The first-order valence-corrected chi connectivity index (χ1v) is 9.53. The number of nitrogens with zero attached hydrogens (tertiary/aromatic N) is 6. The fourth-order valence-corrected chi connectivity index (χ4v) is 3.36. The first-order valence-electron chi connectivity index (χ1n) is 8.74. The van der Waals surface area contributed by atoms with Crippen molar-refractivity contribution < 1.29 is 14.8 Å². The van der Waals surface area contributed by atoms with Gasteiger partial charge < -0.3 is 10.4 Å². The quantitative estimate of drug-likeness (QED) is 0.258. The molecule has 0 atom stereocenters. The summed E-state index contributed by atoms with van der Waals surface area (Å²) in [5, 5.41) is 32.1. The molecule has 3 aromatic heterocycles. The first kappa shape index (κ1) is 19.5. The van der Waals surface area contributed by atoms with Gasteiger partial charge in [0.1, 0.15) is 11.4 Å². The summed E-state index contributed by atoms with van der Waals surface area (Å²) in [6, 6.07) is 6.54. The SMILES string of the molecule is CCn1cc(Br)c(-c2ccnc3cc(C(=O)Nc4cc([N+](=O)[O-])ccc4O)nn23)n1. The minimum Gasteiger partial charge on any atom is -0.506 e. The van der Waals surface area contributed by atoms with Crippen molar-refractivity contribution in [3.8, 4) is 17.1 Å². The van der Waals surface area contributed by atoms with E-state index in [1.807, 2.05) is 13.1 Å². The van der Waals surface area contributed by atoms with E-state index in [2.05, 4.69) is 36.4 Å². The van der Waals surface area contributed by atoms with E-state index in [4.69, 9.17) is 0 Å². The minimum absolute atomic E-state index is 0.0203. The van der Waals surface area contributed by atoms with Crippen LogP contribution in [0.15, 0.2) is 47.2 Å². The molecule has 0 aliphatic carbocycles. The monoisotopic (exact) mass is 471 g/mol. The Morgan fingerprint density at radius 1 is 1.30 bits per heavy atom. The molecule has 4 aromatic rings. The van der Waals surface area contributed by atoms with Gasteiger partial charge >= 0.3 is 0 Å². The summed E-state index contributed by atoms with van der Waals surface area (Å²) in [4.78, 5) is 27.2. The standard InChI is InChI=1S/C18H14BrN7O4/c1-2-24-9-11(19)17(23-24)14-5-6-20-16-8-13(22-25(14)16)18(28)21-12-7-10(26(29)30)3-4-15(12)27/h3-9,27H,2H2,1H3,(H,21,28). The van der Waals surface area contributed by atoms with Gasteiger partial charge in [-0.2, -0.15) is 10.2 Å². The number of nitro groups is 1. The van der Waals surface area contributed by atoms with E-state index in [-0.39, 0.29) is 22.8 Å². The van der Waals surface area contributed by atoms with Crippen LogP contribution in [0.3, 0.4) is 0 Å². The Labute approximate surface area is 177 Å². The highest BCUT2D eigenvalue weighted by molar-refractivity contribution is 9.10. The van der Waals surface area contributed by atoms with Gasteiger partial charge in [0.15, 0.2) is 11.3 Å². The lowest BCUT2D eigenvalue weighted by atomic mass is 10.2. The van der Waals surface area contributed by atoms with Gasteiger partial charge in [-0.3, -0.25) is 19.6 Å². The third-order valence-corrected chi connectivity index (χ3v) is 4.89. The van der Waals surface area contributed by atoms with Crippen LogP contribution < -0.4 is 5.32 Å². The molecule has 0 spiro atoms. The summed E-state index contributed by atoms with van der Waals surface area (Å²) in [7, 11) is 0. The number of anilines is 1. The van der Waals surface area contributed by atoms with Crippen molar-refractivity contribution in [2.24, 2.45) is 0 Å². The van der Waals surface area contributed by atoms with Crippen LogP contribution in [0.25, 0.3) is 17.0 Å². The van der Waals surface area contributed by atoms with Crippen LogP contribution in [0.4, 0.5) is 11.4 Å². The number of phenolic OH excluding ortho intramolecular Hbond substituents is 1. The molecule has 11 nitrogen and oxygen atoms in total. The Morgan fingerprint density at radius 3 is 2.80 bits per heavy atom. The topological polar surface area (TPSA) is 140 Å². The molecule has 30 heavy (non-hydrogen) atoms. The second-order valence-corrected chi connectivity index (χ2v) is 7.08. The number of nitrogens with one attached hydrogen (secondary N) is 1. The number of aryl methyl sites for hydroxylation is 1. The number of aromatic nitrogens is 5. The van der Waals surface area contributed by atoms with Crippen molar-refractivity contribution in [1.29, 1.82) is 0 Å². The number of benzene rings is 1. The van der Waals surface area contributed by atoms with E-state index >= 15 is 0 Å². The summed E-state index contributed by atoms with van der Waals surface area (Å²) < 4.78 is 4.00. The Bertz CT molecular complexity index is 1300. The number of nitro benzene ring substituents is 1. The highest BCUT2D eigenvalue weighted by Gasteiger charge is 2.19. The number of rotatable bonds is 5. The van der Waals surface area contributed by atoms with Crippen LogP contribution in [0.2, 0.25) is 0 Å². The van der Waals surface area contributed by atoms with Crippen LogP contribution in [-0.2, 0) is 6.54 Å². The molecule has 0 bridgehead atoms. The van der Waals surface area contributed by atoms with Crippen LogP contribution in [-0.4, -0.2) is 40.3 Å². The number of non-ortho nitro benzene ring substituents is 1. The molecule has 1 aromatic carbocycles. The van der Waals surface area contributed by atoms with E-state index in [1.54, 1.807) is 16.9 Å². The van der Waals surface area contributed by atoms with Gasteiger partial charge in [0.05, 0.1) is 20.8 Å². The minimum atomic E-state index is -0.652. The number of carbonyl (C=O) groups is 1. The average Bonchev–Trinajstić information content (AvgIpc) is 3.32. The Balaban J connectivity index is 1.71. The number of phenols is 1. The van der Waals surface area contributed by atoms with Gasteiger partial charge in [0.2, 0.25) is 0 Å². The summed E-state index contributed by atoms with van der Waals surface area (Å²) in [5.41, 5.74) is 1.33. The zero-order valence-corrected chi connectivity index (χ0v) is 17.1. The molecule has 0 radical (unpaired) electrons. The Kier molecular flexibility index (Phi) is 4.91. The number of hydrogen-bond acceptors (Lipinski definition) is 7. The lowest BCUT2D eigenvalue weighted by Gasteiger charge is -2.05. The van der Waals surface area contributed by atoms with Crippen molar-refractivity contribution >= 4 is 38.9 Å². The zero-order chi connectivity index (χ0) is 21.4. The van der Waals surface area contributed by atoms with Crippen molar-refractivity contribution in [3.63, 3.8) is 0 Å². The van der Waals surface area contributed by atoms with Crippen LogP contribution in [0, 0.1) is 10.1 Å². The van der Waals surface area contributed by atoms with Crippen LogP contribution >= 0.6 is 15.9 Å². The molecule has 152 valence electrons. The third kappa shape index (κ3) is 3.48. The van der Waals surface area contributed by atoms with E-state index < -0.39 is 10.8 Å². The van der Waals surface area contributed by atoms with Gasteiger partial charge in [0, 0.05) is 37.1 Å². The Morgan fingerprint density at radius 2 is 2.10 bits per heavy atom. The third-order valence-electron chi connectivity index (χ3n) is 4.31. The predicted octanol–water partition coefficient (Wildman–Crippen LogP) is 3.24. The van der Waals surface area contributed by atoms with E-state index in [1.165, 1.54) is 10.6 Å². The predicted molar refractivity (Wildman–Crippen MR) is 110 cm³/mol. The van der Waals surface area contributed by atoms with Crippen molar-refractivity contribution in [2.45, 2.75) is 13.5 Å². The molecule has 12 heteroatoms. The van der Waals surface area contributed by atoms with Crippen molar-refractivity contribution in [1.82, 2.24) is 24.4 Å². The number of hydrogen-bond donors (Lipinski definition) is 2. The van der Waals surface area contributed by atoms with E-state index in [0.29, 0.717) is 23.6 Å². The number of carbonyl (C=O) groups excluding carboxylic acids is 1. The Hall–Kier alpha value is -3.80. The molecule has 0 aliphatic heterocycles. The van der Waals surface area contributed by atoms with Gasteiger partial charge in [0.25, 0.3) is 11.6 Å². The summed E-state index contributed by atoms with van der Waals surface area (Å²) in [5.74, 6) is -0.953. The molecular weight excluding hydrogens is 458 g/mol. The van der Waals surface area contributed by atoms with E-state index in [9.17, 15) is 20.0 Å². The maximum absolute atomic E-state index is 12.7. The fraction of sp³-hybridized carbons (Fsp3) is 0.111. The highest BCUT2D eigenvalue weighted by atomic mass is 79.9. The molecule has 0 saturated carbocycles. The van der Waals surface area contributed by atoms with Crippen molar-refractivity contribution in [2.75, 3.05) is 5.32 Å². The van der Waals surface area contributed by atoms with Crippen LogP contribution in [0.5, 0.6) is 5.75 Å². The maximum atomic E-state index is 12.7. The molecule has 2 N–H and O–H groups in total. The van der Waals surface area contributed by atoms with Gasteiger partial charge in [-0.25, -0.2) is 9.50 Å². The van der Waals surface area contributed by atoms with E-state index in [0.717, 1.165) is 22.7 Å². The average molecular weight is 472 g/mol. The molecule has 3 heterocycles. The maximum Gasteiger partial charge on any atom is 0.276 e. The molecule has 0 fully saturated rings. The largest absolute Gasteiger partial charge is 0.506 e. The molecule has 0 aliphatic rings.